The number of piperidine rings is 2. The molecule has 7 nitrogen and oxygen atoms in total. The Kier molecular flexibility index (Phi) is 6.34. The number of rotatable bonds is 4. The van der Waals surface area contributed by atoms with Gasteiger partial charge in [-0.2, -0.15) is 0 Å². The molecule has 5 rings (SSSR count). The zero-order valence-corrected chi connectivity index (χ0v) is 18.8. The third-order valence-corrected chi connectivity index (χ3v) is 7.62. The fourth-order valence-electron chi connectivity index (χ4n) is 5.74. The van der Waals surface area contributed by atoms with Crippen LogP contribution >= 0.6 is 0 Å². The second kappa shape index (κ2) is 9.35. The number of nitrogens with zero attached hydrogens (tertiary/aromatic N) is 4. The summed E-state index contributed by atoms with van der Waals surface area (Å²) < 4.78 is 11.0. The van der Waals surface area contributed by atoms with Crippen LogP contribution in [0.1, 0.15) is 38.2 Å². The standard InChI is InChI=1S/C24H36N4O3/c1-19(29)26-9-6-21(7-10-26)28-8-2-3-22(17-28)27-13-11-25(12-14-27)16-20-4-5-23-24(15-20)31-18-30-23/h4-5,15,21-22H,2-3,6-14,16-18H2,1H3/t22-/m0/s1. The van der Waals surface area contributed by atoms with Gasteiger partial charge in [-0.05, 0) is 49.9 Å². The van der Waals surface area contributed by atoms with Gasteiger partial charge >= 0.3 is 0 Å². The van der Waals surface area contributed by atoms with Crippen LogP contribution in [-0.2, 0) is 11.3 Å². The molecule has 7 heteroatoms. The van der Waals surface area contributed by atoms with Crippen molar-refractivity contribution in [3.05, 3.63) is 23.8 Å². The molecule has 170 valence electrons. The topological polar surface area (TPSA) is 48.5 Å². The summed E-state index contributed by atoms with van der Waals surface area (Å²) >= 11 is 0. The average Bonchev–Trinajstić information content (AvgIpc) is 3.28. The first-order valence-electron chi connectivity index (χ1n) is 12.0. The molecule has 4 aliphatic heterocycles. The number of ether oxygens (including phenoxy) is 2. The van der Waals surface area contributed by atoms with Crippen LogP contribution in [0, 0.1) is 0 Å². The molecular weight excluding hydrogens is 392 g/mol. The van der Waals surface area contributed by atoms with Crippen LogP contribution in [0.4, 0.5) is 0 Å². The average molecular weight is 429 g/mol. The normalized spacial score (nSPS) is 26.4. The Bertz CT molecular complexity index is 772. The zero-order valence-electron chi connectivity index (χ0n) is 18.8. The van der Waals surface area contributed by atoms with Crippen molar-refractivity contribution in [2.24, 2.45) is 0 Å². The van der Waals surface area contributed by atoms with Gasteiger partial charge in [0, 0.05) is 71.4 Å². The van der Waals surface area contributed by atoms with Gasteiger partial charge in [0.2, 0.25) is 12.7 Å². The molecule has 0 aromatic heterocycles. The van der Waals surface area contributed by atoms with E-state index in [1.807, 2.05) is 11.0 Å². The molecule has 0 aliphatic carbocycles. The minimum absolute atomic E-state index is 0.230. The van der Waals surface area contributed by atoms with E-state index >= 15 is 0 Å². The lowest BCUT2D eigenvalue weighted by Crippen LogP contribution is -2.57. The SMILES string of the molecule is CC(=O)N1CCC(N2CCC[C@H](N3CCN(Cc4ccc5c(c4)OCO5)CC3)C2)CC1. The van der Waals surface area contributed by atoms with E-state index in [0.29, 0.717) is 18.9 Å². The molecule has 3 fully saturated rings. The molecule has 0 unspecified atom stereocenters. The van der Waals surface area contributed by atoms with Crippen LogP contribution in [-0.4, -0.2) is 96.7 Å². The second-order valence-corrected chi connectivity index (χ2v) is 9.53. The number of piperazine rings is 1. The lowest BCUT2D eigenvalue weighted by Gasteiger charge is -2.46. The first-order valence-corrected chi connectivity index (χ1v) is 12.0. The molecule has 0 radical (unpaired) electrons. The molecule has 0 N–H and O–H groups in total. The number of amides is 1. The Balaban J connectivity index is 1.09. The van der Waals surface area contributed by atoms with Crippen LogP contribution in [0.15, 0.2) is 18.2 Å². The van der Waals surface area contributed by atoms with Gasteiger partial charge in [0.1, 0.15) is 0 Å². The summed E-state index contributed by atoms with van der Waals surface area (Å²) in [5, 5.41) is 0. The van der Waals surface area contributed by atoms with E-state index in [2.05, 4.69) is 26.8 Å². The molecule has 3 saturated heterocycles. The monoisotopic (exact) mass is 428 g/mol. The van der Waals surface area contributed by atoms with Crippen LogP contribution in [0.5, 0.6) is 11.5 Å². The molecule has 1 aromatic carbocycles. The van der Waals surface area contributed by atoms with E-state index in [4.69, 9.17) is 9.47 Å². The molecule has 0 saturated carbocycles. The predicted molar refractivity (Wildman–Crippen MR) is 119 cm³/mol. The maximum Gasteiger partial charge on any atom is 0.231 e. The third kappa shape index (κ3) is 4.83. The highest BCUT2D eigenvalue weighted by atomic mass is 16.7. The molecular formula is C24H36N4O3. The third-order valence-electron chi connectivity index (χ3n) is 7.62. The minimum Gasteiger partial charge on any atom is -0.454 e. The van der Waals surface area contributed by atoms with Crippen molar-refractivity contribution in [3.8, 4) is 11.5 Å². The first-order chi connectivity index (χ1) is 15.2. The first kappa shape index (κ1) is 21.0. The summed E-state index contributed by atoms with van der Waals surface area (Å²) in [6.45, 7) is 11.9. The molecule has 0 bridgehead atoms. The molecule has 1 amide bonds. The van der Waals surface area contributed by atoms with Crippen LogP contribution in [0.25, 0.3) is 0 Å². The van der Waals surface area contributed by atoms with Gasteiger partial charge in [-0.3, -0.25) is 19.5 Å². The quantitative estimate of drug-likeness (QED) is 0.731. The zero-order chi connectivity index (χ0) is 21.2. The number of carbonyl (C=O) groups is 1. The van der Waals surface area contributed by atoms with Gasteiger partial charge in [-0.25, -0.2) is 0 Å². The van der Waals surface area contributed by atoms with Crippen molar-refractivity contribution in [1.29, 1.82) is 0 Å². The summed E-state index contributed by atoms with van der Waals surface area (Å²) in [6.07, 6.45) is 4.89. The highest BCUT2D eigenvalue weighted by Gasteiger charge is 2.32. The summed E-state index contributed by atoms with van der Waals surface area (Å²) in [5.41, 5.74) is 1.30. The van der Waals surface area contributed by atoms with Crippen LogP contribution in [0.2, 0.25) is 0 Å². The van der Waals surface area contributed by atoms with E-state index in [1.165, 1.54) is 31.5 Å². The van der Waals surface area contributed by atoms with E-state index in [9.17, 15) is 4.79 Å². The van der Waals surface area contributed by atoms with Crippen LogP contribution in [0.3, 0.4) is 0 Å². The van der Waals surface area contributed by atoms with Crippen molar-refractivity contribution in [1.82, 2.24) is 19.6 Å². The molecule has 1 atom stereocenters. The van der Waals surface area contributed by atoms with Gasteiger partial charge < -0.3 is 14.4 Å². The highest BCUT2D eigenvalue weighted by molar-refractivity contribution is 5.73. The highest BCUT2D eigenvalue weighted by Crippen LogP contribution is 2.33. The Morgan fingerprint density at radius 3 is 2.45 bits per heavy atom. The van der Waals surface area contributed by atoms with E-state index in [0.717, 1.165) is 70.2 Å². The van der Waals surface area contributed by atoms with Gasteiger partial charge in [0.05, 0.1) is 0 Å². The second-order valence-electron chi connectivity index (χ2n) is 9.53. The summed E-state index contributed by atoms with van der Waals surface area (Å²) in [5.74, 6) is 1.98. The summed E-state index contributed by atoms with van der Waals surface area (Å²) in [4.78, 5) is 21.7. The van der Waals surface area contributed by atoms with E-state index in [1.54, 1.807) is 6.92 Å². The van der Waals surface area contributed by atoms with Gasteiger partial charge in [-0.1, -0.05) is 6.07 Å². The smallest absolute Gasteiger partial charge is 0.231 e. The van der Waals surface area contributed by atoms with Crippen LogP contribution < -0.4 is 9.47 Å². The maximum absolute atomic E-state index is 11.6. The minimum atomic E-state index is 0.230. The summed E-state index contributed by atoms with van der Waals surface area (Å²) in [6, 6.07) is 7.67. The molecule has 4 aliphatic rings. The lowest BCUT2D eigenvalue weighted by molar-refractivity contribution is -0.130. The van der Waals surface area contributed by atoms with E-state index in [-0.39, 0.29) is 5.91 Å². The number of carbonyl (C=O) groups excluding carboxylic acids is 1. The molecule has 31 heavy (non-hydrogen) atoms. The Hall–Kier alpha value is -1.83. The lowest BCUT2D eigenvalue weighted by atomic mass is 9.96. The largest absolute Gasteiger partial charge is 0.454 e. The van der Waals surface area contributed by atoms with Crippen molar-refractivity contribution in [2.45, 2.75) is 51.2 Å². The molecule has 0 spiro atoms. The summed E-state index contributed by atoms with van der Waals surface area (Å²) in [7, 11) is 0. The van der Waals surface area contributed by atoms with Gasteiger partial charge in [0.15, 0.2) is 11.5 Å². The van der Waals surface area contributed by atoms with Crippen molar-refractivity contribution < 1.29 is 14.3 Å². The maximum atomic E-state index is 11.6. The van der Waals surface area contributed by atoms with Gasteiger partial charge in [0.25, 0.3) is 0 Å². The van der Waals surface area contributed by atoms with Crippen molar-refractivity contribution in [2.75, 3.05) is 59.2 Å². The predicted octanol–water partition coefficient (Wildman–Crippen LogP) is 2.01. The number of fused-ring (bicyclic) bond motifs is 1. The van der Waals surface area contributed by atoms with E-state index < -0.39 is 0 Å². The Labute approximate surface area is 185 Å². The number of likely N-dealkylation sites (tertiary alicyclic amines) is 2. The Morgan fingerprint density at radius 2 is 1.68 bits per heavy atom. The van der Waals surface area contributed by atoms with Gasteiger partial charge in [-0.15, -0.1) is 0 Å². The molecule has 1 aromatic rings. The number of hydrogen-bond donors (Lipinski definition) is 0. The fourth-order valence-corrected chi connectivity index (χ4v) is 5.74. The number of hydrogen-bond acceptors (Lipinski definition) is 6. The number of benzene rings is 1. The molecule has 4 heterocycles. The van der Waals surface area contributed by atoms with Crippen molar-refractivity contribution in [3.63, 3.8) is 0 Å². The van der Waals surface area contributed by atoms with Crippen molar-refractivity contribution >= 4 is 5.91 Å². The Morgan fingerprint density at radius 1 is 0.903 bits per heavy atom. The fraction of sp³-hybridized carbons (Fsp3) is 0.708.